The molecule has 63 heavy (non-hydrogen) atoms. The van der Waals surface area contributed by atoms with E-state index in [0.29, 0.717) is 69.1 Å². The number of likely N-dealkylation sites (tertiary alicyclic amines) is 1. The molecule has 2 fully saturated rings. The van der Waals surface area contributed by atoms with Gasteiger partial charge in [-0.25, -0.2) is 14.6 Å². The molecule has 0 bridgehead atoms. The number of hydrogen-bond acceptors (Lipinski definition) is 16. The van der Waals surface area contributed by atoms with Gasteiger partial charge in [0.1, 0.15) is 12.3 Å². The fourth-order valence-corrected chi connectivity index (χ4v) is 6.57. The highest BCUT2D eigenvalue weighted by Crippen LogP contribution is 2.31. The second-order valence-corrected chi connectivity index (χ2v) is 14.6. The summed E-state index contributed by atoms with van der Waals surface area (Å²) in [5, 5.41) is 39.2. The summed E-state index contributed by atoms with van der Waals surface area (Å²) in [6.45, 7) is 3.01. The Labute approximate surface area is 362 Å². The van der Waals surface area contributed by atoms with Crippen LogP contribution < -0.4 is 32.8 Å². The number of aromatic nitrogens is 1. The van der Waals surface area contributed by atoms with E-state index in [2.05, 4.69) is 26.3 Å². The van der Waals surface area contributed by atoms with E-state index in [0.717, 1.165) is 11.2 Å². The van der Waals surface area contributed by atoms with Crippen LogP contribution in [0, 0.1) is 11.3 Å². The number of carbonyl (C=O) groups is 7. The van der Waals surface area contributed by atoms with Gasteiger partial charge in [-0.2, -0.15) is 5.26 Å². The van der Waals surface area contributed by atoms with E-state index in [1.165, 1.54) is 17.3 Å². The largest absolute Gasteiger partial charge is 0.480 e. The molecule has 0 spiro atoms. The van der Waals surface area contributed by atoms with Crippen molar-refractivity contribution in [3.8, 4) is 6.07 Å². The maximum absolute atomic E-state index is 13.7. The summed E-state index contributed by atoms with van der Waals surface area (Å²) < 4.78 is 27.4. The molecule has 2 aromatic rings. The van der Waals surface area contributed by atoms with Gasteiger partial charge in [0.25, 0.3) is 11.8 Å². The lowest BCUT2D eigenvalue weighted by molar-refractivity contribution is -0.140. The zero-order valence-corrected chi connectivity index (χ0v) is 34.9. The van der Waals surface area contributed by atoms with E-state index >= 15 is 0 Å². The van der Waals surface area contributed by atoms with Crippen LogP contribution in [0.5, 0.6) is 0 Å². The zero-order chi connectivity index (χ0) is 46.5. The van der Waals surface area contributed by atoms with Crippen molar-refractivity contribution < 1.29 is 52.6 Å². The van der Waals surface area contributed by atoms with Crippen molar-refractivity contribution >= 4 is 58.4 Å². The van der Waals surface area contributed by atoms with Crippen LogP contribution >= 0.6 is 0 Å². The SMILES string of the molecule is CNC/C(N)=C/N(N)CCNC(=O)CCC(=O)Nc1cccc2c(C(=O)NCC(=O)N3CC(F)(F)CC3C#N)ccnc12.O=CCN1CCN(CC(=O)O)CCN(CC(=O)O)CC1. The molecule has 344 valence electrons. The molecule has 2 aliphatic rings. The predicted octanol–water partition coefficient (Wildman–Crippen LogP) is -1.97. The van der Waals surface area contributed by atoms with E-state index in [9.17, 15) is 42.3 Å². The number of amides is 4. The first-order valence-corrected chi connectivity index (χ1v) is 19.9. The molecule has 1 aromatic carbocycles. The number of hydrogen-bond donors (Lipinski definition) is 8. The molecule has 4 amide bonds. The molecule has 24 heteroatoms. The molecule has 4 rings (SSSR count). The average molecular weight is 888 g/mol. The minimum atomic E-state index is -3.17. The van der Waals surface area contributed by atoms with Gasteiger partial charge in [0.2, 0.25) is 17.7 Å². The summed E-state index contributed by atoms with van der Waals surface area (Å²) in [6.07, 6.45) is 2.74. The number of nitrogens with one attached hydrogen (secondary N) is 4. The predicted molar refractivity (Wildman–Crippen MR) is 223 cm³/mol. The average Bonchev–Trinajstić information content (AvgIpc) is 3.59. The van der Waals surface area contributed by atoms with Crippen LogP contribution in [-0.2, 0) is 28.8 Å². The van der Waals surface area contributed by atoms with Crippen LogP contribution in [0.15, 0.2) is 42.4 Å². The van der Waals surface area contributed by atoms with E-state index < -0.39 is 61.1 Å². The molecular formula is C39H55F2N13O9. The lowest BCUT2D eigenvalue weighted by Gasteiger charge is -2.23. The first kappa shape index (κ1) is 51.0. The van der Waals surface area contributed by atoms with Gasteiger partial charge >= 0.3 is 11.9 Å². The molecule has 0 saturated carbocycles. The quantitative estimate of drug-likeness (QED) is 0.0431. The van der Waals surface area contributed by atoms with Crippen LogP contribution in [0.1, 0.15) is 29.6 Å². The summed E-state index contributed by atoms with van der Waals surface area (Å²) in [4.78, 5) is 92.8. The van der Waals surface area contributed by atoms with Crippen LogP contribution in [0.3, 0.4) is 0 Å². The number of carbonyl (C=O) groups excluding carboxylic acids is 5. The number of rotatable bonds is 19. The first-order chi connectivity index (χ1) is 29.9. The van der Waals surface area contributed by atoms with Crippen molar-refractivity contribution in [3.05, 3.63) is 47.9 Å². The van der Waals surface area contributed by atoms with Gasteiger partial charge < -0.3 is 51.9 Å². The summed E-state index contributed by atoms with van der Waals surface area (Å²) in [5.41, 5.74) is 7.01. The molecule has 22 nitrogen and oxygen atoms in total. The Morgan fingerprint density at radius 1 is 0.952 bits per heavy atom. The minimum Gasteiger partial charge on any atom is -0.480 e. The Bertz CT molecular complexity index is 1970. The number of aldehydes is 1. The third-order valence-electron chi connectivity index (χ3n) is 9.66. The summed E-state index contributed by atoms with van der Waals surface area (Å²) in [5.74, 6) is -1.46. The lowest BCUT2D eigenvalue weighted by Crippen LogP contribution is -2.43. The Morgan fingerprint density at radius 3 is 2.16 bits per heavy atom. The molecule has 1 unspecified atom stereocenters. The number of anilines is 1. The van der Waals surface area contributed by atoms with Gasteiger partial charge in [-0.15, -0.1) is 0 Å². The number of fused-ring (bicyclic) bond motifs is 1. The smallest absolute Gasteiger partial charge is 0.317 e. The number of halogens is 2. The second-order valence-electron chi connectivity index (χ2n) is 14.6. The minimum absolute atomic E-state index is 0.0736. The topological polar surface area (TPSA) is 313 Å². The maximum atomic E-state index is 13.7. The Hall–Kier alpha value is -6.39. The van der Waals surface area contributed by atoms with E-state index in [-0.39, 0.29) is 56.0 Å². The van der Waals surface area contributed by atoms with Crippen molar-refractivity contribution in [1.82, 2.24) is 45.5 Å². The van der Waals surface area contributed by atoms with Crippen molar-refractivity contribution in [1.29, 1.82) is 5.26 Å². The monoisotopic (exact) mass is 887 g/mol. The van der Waals surface area contributed by atoms with Crippen molar-refractivity contribution in [2.45, 2.75) is 31.2 Å². The Morgan fingerprint density at radius 2 is 1.57 bits per heavy atom. The molecule has 0 radical (unpaired) electrons. The fourth-order valence-electron chi connectivity index (χ4n) is 6.57. The number of likely N-dealkylation sites (N-methyl/N-ethyl adjacent to an activating group) is 1. The van der Waals surface area contributed by atoms with Gasteiger partial charge in [0.15, 0.2) is 0 Å². The number of alkyl halides is 2. The summed E-state index contributed by atoms with van der Waals surface area (Å²) in [6, 6.07) is 6.59. The zero-order valence-electron chi connectivity index (χ0n) is 34.9. The number of nitrogens with two attached hydrogens (primary N) is 2. The molecule has 10 N–H and O–H groups in total. The standard InChI is InChI=1S/C27H34F2N10O4.C12H21N3O5/c1-33-13-17(31)15-38(32)10-9-34-22(40)5-6-23(41)37-21-4-2-3-19-20(7-8-35-25(19)21)26(43)36-14-24(42)39-16-27(28,29)11-18(39)12-30;16-8-7-13-1-3-14(9-11(17)18)5-6-15(4-2-13)10-12(19)20/h2-4,7-8,15,18,33H,5-6,9-11,13-14,16,31-32H2,1H3,(H,34,40)(H,36,43)(H,37,41);8H,1-7,9-10H2,(H,17,18)(H,19,20)/b17-15-;. The molecule has 1 atom stereocenters. The number of carboxylic acid groups (broad SMARTS) is 2. The number of para-hydroxylation sites is 1. The van der Waals surface area contributed by atoms with Crippen LogP contribution in [0.2, 0.25) is 0 Å². The van der Waals surface area contributed by atoms with Crippen LogP contribution in [-0.4, -0.2) is 192 Å². The van der Waals surface area contributed by atoms with E-state index in [1.807, 2.05) is 4.90 Å². The van der Waals surface area contributed by atoms with Gasteiger partial charge in [0.05, 0.1) is 62.1 Å². The van der Waals surface area contributed by atoms with Crippen LogP contribution in [0.25, 0.3) is 10.9 Å². The first-order valence-electron chi connectivity index (χ1n) is 19.9. The van der Waals surface area contributed by atoms with Gasteiger partial charge in [-0.05, 0) is 19.2 Å². The van der Waals surface area contributed by atoms with Gasteiger partial charge in [-0.3, -0.25) is 48.5 Å². The Kier molecular flexibility index (Phi) is 20.6. The fraction of sp³-hybridized carbons (Fsp3) is 0.513. The number of nitriles is 1. The highest BCUT2D eigenvalue weighted by molar-refractivity contribution is 6.10. The Balaban J connectivity index is 0.000000441. The van der Waals surface area contributed by atoms with Gasteiger partial charge in [0, 0.05) is 95.1 Å². The number of pyridine rings is 1. The lowest BCUT2D eigenvalue weighted by atomic mass is 10.1. The number of aliphatic carboxylic acids is 2. The molecule has 1 aromatic heterocycles. The summed E-state index contributed by atoms with van der Waals surface area (Å²) >= 11 is 0. The molecule has 2 aliphatic heterocycles. The number of nitrogens with zero attached hydrogens (tertiary/aromatic N) is 7. The number of carboxylic acids is 2. The highest BCUT2D eigenvalue weighted by Gasteiger charge is 2.47. The third-order valence-corrected chi connectivity index (χ3v) is 9.66. The number of hydrazine groups is 1. The van der Waals surface area contributed by atoms with Gasteiger partial charge in [-0.1, -0.05) is 12.1 Å². The van der Waals surface area contributed by atoms with E-state index in [4.69, 9.17) is 27.1 Å². The third kappa shape index (κ3) is 17.9. The molecule has 0 aliphatic carbocycles. The van der Waals surface area contributed by atoms with E-state index in [1.54, 1.807) is 47.3 Å². The second kappa shape index (κ2) is 25.5. The maximum Gasteiger partial charge on any atom is 0.317 e. The molecular weight excluding hydrogens is 833 g/mol. The van der Waals surface area contributed by atoms with Crippen LogP contribution in [0.4, 0.5) is 14.5 Å². The highest BCUT2D eigenvalue weighted by atomic mass is 19.3. The molecule has 3 heterocycles. The number of benzene rings is 1. The molecule has 2 saturated heterocycles. The van der Waals surface area contributed by atoms with Crippen molar-refractivity contribution in [3.63, 3.8) is 0 Å². The normalized spacial score (nSPS) is 17.2. The van der Waals surface area contributed by atoms with Crippen molar-refractivity contribution in [2.75, 3.05) is 104 Å². The van der Waals surface area contributed by atoms with Crippen molar-refractivity contribution in [2.24, 2.45) is 11.6 Å². The summed E-state index contributed by atoms with van der Waals surface area (Å²) in [7, 11) is 1.75.